The highest BCUT2D eigenvalue weighted by Crippen LogP contribution is 2.48. The maximum atomic E-state index is 15.0. The van der Waals surface area contributed by atoms with Crippen LogP contribution in [0, 0.1) is 5.92 Å². The summed E-state index contributed by atoms with van der Waals surface area (Å²) in [6, 6.07) is 5.58. The molecule has 0 radical (unpaired) electrons. The van der Waals surface area contributed by atoms with Gasteiger partial charge in [-0.2, -0.15) is 4.31 Å². The SMILES string of the molecule is CS(=O)(=O)N1CC(F)(c2cccc(C(=O)N3C(C(N)=O)CC4CC43)c2)C1. The third-order valence-electron chi connectivity index (χ3n) is 5.62. The minimum Gasteiger partial charge on any atom is -0.368 e. The predicted molar refractivity (Wildman–Crippen MR) is 91.3 cm³/mol. The van der Waals surface area contributed by atoms with E-state index < -0.39 is 27.6 Å². The van der Waals surface area contributed by atoms with E-state index in [1.54, 1.807) is 18.2 Å². The topological polar surface area (TPSA) is 101 Å². The zero-order valence-corrected chi connectivity index (χ0v) is 15.1. The number of fused-ring (bicyclic) bond motifs is 1. The van der Waals surface area contributed by atoms with Crippen LogP contribution in [0.15, 0.2) is 24.3 Å². The molecule has 3 aliphatic rings. The number of hydrogen-bond acceptors (Lipinski definition) is 4. The fraction of sp³-hybridized carbons (Fsp3) is 0.529. The smallest absolute Gasteiger partial charge is 0.254 e. The summed E-state index contributed by atoms with van der Waals surface area (Å²) in [4.78, 5) is 26.1. The summed E-state index contributed by atoms with van der Waals surface area (Å²) in [6.07, 6.45) is 2.49. The highest BCUT2D eigenvalue weighted by Gasteiger charge is 2.56. The van der Waals surface area contributed by atoms with Crippen molar-refractivity contribution in [2.45, 2.75) is 30.6 Å². The van der Waals surface area contributed by atoms with E-state index in [4.69, 9.17) is 5.73 Å². The summed E-state index contributed by atoms with van der Waals surface area (Å²) in [5.41, 5.74) is 4.16. The second-order valence-corrected chi connectivity index (χ2v) is 9.49. The molecule has 2 saturated heterocycles. The predicted octanol–water partition coefficient (Wildman–Crippen LogP) is 0.215. The lowest BCUT2D eigenvalue weighted by Gasteiger charge is -2.43. The average Bonchev–Trinajstić information content (AvgIpc) is 3.20. The molecule has 0 bridgehead atoms. The number of rotatable bonds is 4. The van der Waals surface area contributed by atoms with Crippen LogP contribution in [0.2, 0.25) is 0 Å². The zero-order valence-electron chi connectivity index (χ0n) is 14.3. The average molecular weight is 381 g/mol. The molecule has 9 heteroatoms. The normalized spacial score (nSPS) is 29.8. The monoisotopic (exact) mass is 381 g/mol. The van der Waals surface area contributed by atoms with Crippen LogP contribution in [-0.2, 0) is 20.5 Å². The number of halogens is 1. The molecule has 26 heavy (non-hydrogen) atoms. The number of benzene rings is 1. The van der Waals surface area contributed by atoms with Gasteiger partial charge in [-0.1, -0.05) is 12.1 Å². The van der Waals surface area contributed by atoms with E-state index in [1.165, 1.54) is 11.0 Å². The van der Waals surface area contributed by atoms with Crippen molar-refractivity contribution in [2.24, 2.45) is 11.7 Å². The lowest BCUT2D eigenvalue weighted by Crippen LogP contribution is -2.58. The lowest BCUT2D eigenvalue weighted by molar-refractivity contribution is -0.122. The Hall–Kier alpha value is -2.00. The molecule has 2 amide bonds. The molecule has 0 spiro atoms. The van der Waals surface area contributed by atoms with Crippen LogP contribution in [-0.4, -0.2) is 60.9 Å². The van der Waals surface area contributed by atoms with Gasteiger partial charge in [0.25, 0.3) is 5.91 Å². The molecule has 7 nitrogen and oxygen atoms in total. The van der Waals surface area contributed by atoms with Crippen molar-refractivity contribution in [1.29, 1.82) is 0 Å². The van der Waals surface area contributed by atoms with Crippen molar-refractivity contribution < 1.29 is 22.4 Å². The Morgan fingerprint density at radius 1 is 1.27 bits per heavy atom. The molecule has 3 atom stereocenters. The fourth-order valence-electron chi connectivity index (χ4n) is 4.01. The van der Waals surface area contributed by atoms with E-state index in [2.05, 4.69) is 0 Å². The molecule has 1 saturated carbocycles. The number of nitrogens with zero attached hydrogens (tertiary/aromatic N) is 2. The Balaban J connectivity index is 1.57. The minimum absolute atomic E-state index is 0.0346. The van der Waals surface area contributed by atoms with Gasteiger partial charge in [0.05, 0.1) is 19.3 Å². The molecular formula is C17H20FN3O4S. The van der Waals surface area contributed by atoms with Crippen LogP contribution in [0.25, 0.3) is 0 Å². The number of carbonyl (C=O) groups is 2. The second kappa shape index (κ2) is 5.50. The zero-order chi connectivity index (χ0) is 18.9. The first-order valence-corrected chi connectivity index (χ1v) is 10.3. The van der Waals surface area contributed by atoms with Crippen LogP contribution in [0.1, 0.15) is 28.8 Å². The standard InChI is InChI=1S/C17H20FN3O4S/c1-26(24,25)20-8-17(18,9-20)12-4-2-3-10(5-12)16(23)21-13-6-11(13)7-14(21)15(19)22/h2-5,11,13-14H,6-9H2,1H3,(H2,19,22). The van der Waals surface area contributed by atoms with E-state index in [0.717, 1.165) is 17.0 Å². The number of piperidine rings is 1. The maximum Gasteiger partial charge on any atom is 0.254 e. The third-order valence-corrected chi connectivity index (χ3v) is 6.81. The Morgan fingerprint density at radius 2 is 1.96 bits per heavy atom. The number of nitrogens with two attached hydrogens (primary N) is 1. The van der Waals surface area contributed by atoms with Crippen molar-refractivity contribution in [1.82, 2.24) is 9.21 Å². The molecule has 140 valence electrons. The summed E-state index contributed by atoms with van der Waals surface area (Å²) < 4.78 is 39.0. The van der Waals surface area contributed by atoms with Gasteiger partial charge in [-0.3, -0.25) is 9.59 Å². The summed E-state index contributed by atoms with van der Waals surface area (Å²) in [7, 11) is -3.44. The highest BCUT2D eigenvalue weighted by molar-refractivity contribution is 7.88. The summed E-state index contributed by atoms with van der Waals surface area (Å²) in [5, 5.41) is 0. The van der Waals surface area contributed by atoms with Crippen molar-refractivity contribution >= 4 is 21.8 Å². The molecule has 1 aliphatic carbocycles. The lowest BCUT2D eigenvalue weighted by atomic mass is 9.89. The summed E-state index contributed by atoms with van der Waals surface area (Å²) in [5.74, 6) is -0.530. The summed E-state index contributed by atoms with van der Waals surface area (Å²) in [6.45, 7) is -0.524. The number of carbonyl (C=O) groups excluding carboxylic acids is 2. The van der Waals surface area contributed by atoms with Gasteiger partial charge in [-0.05, 0) is 36.5 Å². The second-order valence-electron chi connectivity index (χ2n) is 7.51. The molecular weight excluding hydrogens is 361 g/mol. The first-order valence-electron chi connectivity index (χ1n) is 8.47. The summed E-state index contributed by atoms with van der Waals surface area (Å²) >= 11 is 0. The largest absolute Gasteiger partial charge is 0.368 e. The van der Waals surface area contributed by atoms with Crippen LogP contribution < -0.4 is 5.73 Å². The van der Waals surface area contributed by atoms with E-state index >= 15 is 4.39 Å². The highest BCUT2D eigenvalue weighted by atomic mass is 32.2. The third kappa shape index (κ3) is 2.69. The number of likely N-dealkylation sites (tertiary alicyclic amines) is 1. The number of hydrogen-bond donors (Lipinski definition) is 1. The Bertz CT molecular complexity index is 897. The van der Waals surface area contributed by atoms with Crippen molar-refractivity contribution in [3.8, 4) is 0 Å². The molecule has 2 aliphatic heterocycles. The molecule has 2 N–H and O–H groups in total. The van der Waals surface area contributed by atoms with E-state index in [9.17, 15) is 18.0 Å². The van der Waals surface area contributed by atoms with Gasteiger partial charge >= 0.3 is 0 Å². The van der Waals surface area contributed by atoms with Crippen molar-refractivity contribution in [3.63, 3.8) is 0 Å². The Labute approximate surface area is 151 Å². The van der Waals surface area contributed by atoms with Gasteiger partial charge in [0.1, 0.15) is 6.04 Å². The van der Waals surface area contributed by atoms with E-state index in [0.29, 0.717) is 12.3 Å². The molecule has 0 aromatic heterocycles. The van der Waals surface area contributed by atoms with Crippen LogP contribution in [0.5, 0.6) is 0 Å². The minimum atomic E-state index is -3.44. The Kier molecular flexibility index (Phi) is 3.68. The van der Waals surface area contributed by atoms with Gasteiger partial charge in [0, 0.05) is 11.6 Å². The Morgan fingerprint density at radius 3 is 2.58 bits per heavy atom. The molecule has 1 aromatic carbocycles. The number of amides is 2. The van der Waals surface area contributed by atoms with Crippen molar-refractivity contribution in [2.75, 3.05) is 19.3 Å². The van der Waals surface area contributed by atoms with Gasteiger partial charge in [0.15, 0.2) is 5.67 Å². The first kappa shape index (κ1) is 17.4. The fourth-order valence-corrected chi connectivity index (χ4v) is 4.89. The maximum absolute atomic E-state index is 15.0. The molecule has 4 rings (SSSR count). The van der Waals surface area contributed by atoms with Gasteiger partial charge < -0.3 is 10.6 Å². The quantitative estimate of drug-likeness (QED) is 0.806. The molecule has 2 heterocycles. The van der Waals surface area contributed by atoms with E-state index in [1.807, 2.05) is 0 Å². The molecule has 1 aromatic rings. The van der Waals surface area contributed by atoms with Crippen LogP contribution in [0.3, 0.4) is 0 Å². The van der Waals surface area contributed by atoms with Crippen LogP contribution in [0.4, 0.5) is 4.39 Å². The first-order chi connectivity index (χ1) is 12.1. The van der Waals surface area contributed by atoms with Crippen LogP contribution >= 0.6 is 0 Å². The van der Waals surface area contributed by atoms with Gasteiger partial charge in [0.2, 0.25) is 15.9 Å². The van der Waals surface area contributed by atoms with Crippen molar-refractivity contribution in [3.05, 3.63) is 35.4 Å². The van der Waals surface area contributed by atoms with E-state index in [-0.39, 0.29) is 36.2 Å². The molecule has 3 unspecified atom stereocenters. The number of sulfonamides is 1. The van der Waals surface area contributed by atoms with Gasteiger partial charge in [-0.25, -0.2) is 12.8 Å². The molecule has 3 fully saturated rings. The number of primary amides is 1. The number of alkyl halides is 1. The van der Waals surface area contributed by atoms with Gasteiger partial charge in [-0.15, -0.1) is 0 Å².